The van der Waals surface area contributed by atoms with Crippen molar-refractivity contribution in [2.24, 2.45) is 14.1 Å². The summed E-state index contributed by atoms with van der Waals surface area (Å²) in [6, 6.07) is 6.06. The molecular weight excluding hydrogens is 362 g/mol. The minimum atomic E-state index is -0.397. The first kappa shape index (κ1) is 17.4. The van der Waals surface area contributed by atoms with E-state index in [1.807, 2.05) is 32.0 Å². The minimum absolute atomic E-state index is 0.361. The average molecular weight is 381 g/mol. The Morgan fingerprint density at radius 1 is 1.19 bits per heavy atom. The Hall–Kier alpha value is -3.00. The number of nitrogens with zero attached hydrogens (tertiary/aromatic N) is 4. The van der Waals surface area contributed by atoms with Gasteiger partial charge in [-0.3, -0.25) is 13.9 Å². The monoisotopic (exact) mass is 381 g/mol. The van der Waals surface area contributed by atoms with E-state index in [1.165, 1.54) is 23.0 Å². The van der Waals surface area contributed by atoms with Crippen molar-refractivity contribution < 1.29 is 0 Å². The molecule has 0 aliphatic rings. The number of aryl methyl sites for hydroxylation is 3. The van der Waals surface area contributed by atoms with Crippen LogP contribution in [0, 0.1) is 6.92 Å². The number of anilines is 2. The summed E-state index contributed by atoms with van der Waals surface area (Å²) in [5.41, 5.74) is 3.21. The van der Waals surface area contributed by atoms with Gasteiger partial charge in [0.25, 0.3) is 5.56 Å². The molecule has 3 aromatic heterocycles. The maximum absolute atomic E-state index is 12.9. The molecule has 0 saturated heterocycles. The maximum Gasteiger partial charge on any atom is 0.332 e. The van der Waals surface area contributed by atoms with Crippen LogP contribution in [0.1, 0.15) is 18.1 Å². The number of thiazole rings is 1. The van der Waals surface area contributed by atoms with Crippen LogP contribution < -0.4 is 16.6 Å². The summed E-state index contributed by atoms with van der Waals surface area (Å²) in [4.78, 5) is 34.2. The Balaban J connectivity index is 2.00. The van der Waals surface area contributed by atoms with E-state index < -0.39 is 5.69 Å². The summed E-state index contributed by atoms with van der Waals surface area (Å²) >= 11 is 1.53. The molecule has 0 bridgehead atoms. The van der Waals surface area contributed by atoms with Gasteiger partial charge in [0.1, 0.15) is 5.39 Å². The van der Waals surface area contributed by atoms with Crippen LogP contribution in [0.15, 0.2) is 34.0 Å². The Bertz CT molecular complexity index is 1320. The van der Waals surface area contributed by atoms with Gasteiger partial charge in [0.2, 0.25) is 0 Å². The molecular formula is C19H19N5O2S. The Labute approximate surface area is 158 Å². The van der Waals surface area contributed by atoms with Crippen LogP contribution in [0.2, 0.25) is 0 Å². The molecule has 3 heterocycles. The van der Waals surface area contributed by atoms with Gasteiger partial charge in [-0.25, -0.2) is 14.8 Å². The average Bonchev–Trinajstić information content (AvgIpc) is 3.08. The number of para-hydroxylation sites is 1. The Morgan fingerprint density at radius 3 is 2.67 bits per heavy atom. The van der Waals surface area contributed by atoms with Crippen molar-refractivity contribution in [3.05, 3.63) is 56.4 Å². The smallest absolute Gasteiger partial charge is 0.330 e. The Morgan fingerprint density at radius 2 is 1.96 bits per heavy atom. The number of fused-ring (bicyclic) bond motifs is 2. The first-order valence-electron chi connectivity index (χ1n) is 8.63. The van der Waals surface area contributed by atoms with Crippen LogP contribution in [0.4, 0.5) is 10.8 Å². The van der Waals surface area contributed by atoms with E-state index in [2.05, 4.69) is 10.3 Å². The number of benzene rings is 1. The van der Waals surface area contributed by atoms with E-state index in [-0.39, 0.29) is 5.56 Å². The molecule has 0 saturated carbocycles. The lowest BCUT2D eigenvalue weighted by Crippen LogP contribution is -2.37. The summed E-state index contributed by atoms with van der Waals surface area (Å²) in [6.07, 6.45) is 2.41. The number of hydrogen-bond acceptors (Lipinski definition) is 6. The zero-order valence-corrected chi connectivity index (χ0v) is 16.3. The van der Waals surface area contributed by atoms with Gasteiger partial charge in [0.05, 0.1) is 15.9 Å². The van der Waals surface area contributed by atoms with Crippen molar-refractivity contribution in [3.8, 4) is 0 Å². The highest BCUT2D eigenvalue weighted by Crippen LogP contribution is 2.32. The number of pyridine rings is 1. The van der Waals surface area contributed by atoms with E-state index in [9.17, 15) is 9.59 Å². The summed E-state index contributed by atoms with van der Waals surface area (Å²) in [5.74, 6) is 0. The van der Waals surface area contributed by atoms with E-state index >= 15 is 0 Å². The number of rotatable bonds is 3. The normalized spacial score (nSPS) is 11.4. The highest BCUT2D eigenvalue weighted by atomic mass is 32.1. The molecule has 0 spiro atoms. The van der Waals surface area contributed by atoms with E-state index in [0.717, 1.165) is 25.9 Å². The second-order valence-corrected chi connectivity index (χ2v) is 7.51. The summed E-state index contributed by atoms with van der Waals surface area (Å²) in [5, 5.41) is 4.44. The largest absolute Gasteiger partial charge is 0.332 e. The first-order valence-corrected chi connectivity index (χ1v) is 9.44. The van der Waals surface area contributed by atoms with Gasteiger partial charge in [-0.05, 0) is 30.5 Å². The van der Waals surface area contributed by atoms with Crippen LogP contribution in [-0.2, 0) is 20.5 Å². The van der Waals surface area contributed by atoms with Crippen molar-refractivity contribution in [2.75, 3.05) is 5.32 Å². The van der Waals surface area contributed by atoms with E-state index in [0.29, 0.717) is 28.3 Å². The van der Waals surface area contributed by atoms with Crippen molar-refractivity contribution in [2.45, 2.75) is 20.3 Å². The third kappa shape index (κ3) is 2.64. The highest BCUT2D eigenvalue weighted by Gasteiger charge is 2.18. The lowest BCUT2D eigenvalue weighted by atomic mass is 10.1. The number of hydrogen-bond donors (Lipinski definition) is 1. The molecule has 4 aromatic rings. The maximum atomic E-state index is 12.9. The molecule has 27 heavy (non-hydrogen) atoms. The zero-order valence-electron chi connectivity index (χ0n) is 15.5. The van der Waals surface area contributed by atoms with Gasteiger partial charge >= 0.3 is 5.69 Å². The standard InChI is InChI=1S/C19H19N5O2S/c1-5-11-9-20-16-13(17(25)24(4)19(26)23(16)3)15(11)22-18-21-14-10(2)7-6-8-12(14)27-18/h6-9H,5H2,1-4H3,(H,20,21,22). The van der Waals surface area contributed by atoms with Crippen molar-refractivity contribution in [1.82, 2.24) is 19.1 Å². The fraction of sp³-hybridized carbons (Fsp3) is 0.263. The predicted molar refractivity (Wildman–Crippen MR) is 109 cm³/mol. The minimum Gasteiger partial charge on any atom is -0.330 e. The van der Waals surface area contributed by atoms with Gasteiger partial charge in [0.15, 0.2) is 10.8 Å². The summed E-state index contributed by atoms with van der Waals surface area (Å²) in [6.45, 7) is 4.03. The van der Waals surface area contributed by atoms with E-state index in [4.69, 9.17) is 4.98 Å². The van der Waals surface area contributed by atoms with Crippen molar-refractivity contribution >= 4 is 43.4 Å². The van der Waals surface area contributed by atoms with Crippen LogP contribution in [0.5, 0.6) is 0 Å². The summed E-state index contributed by atoms with van der Waals surface area (Å²) in [7, 11) is 3.10. The molecule has 4 rings (SSSR count). The van der Waals surface area contributed by atoms with Crippen LogP contribution in [-0.4, -0.2) is 19.1 Å². The quantitative estimate of drug-likeness (QED) is 0.590. The van der Waals surface area contributed by atoms with Gasteiger partial charge in [0, 0.05) is 20.3 Å². The van der Waals surface area contributed by atoms with Gasteiger partial charge in [-0.15, -0.1) is 0 Å². The molecule has 0 amide bonds. The fourth-order valence-corrected chi connectivity index (χ4v) is 4.17. The SMILES string of the molecule is CCc1cnc2c(c1Nc1nc3c(C)cccc3s1)c(=O)n(C)c(=O)n2C. The molecule has 8 heteroatoms. The van der Waals surface area contributed by atoms with Crippen LogP contribution in [0.3, 0.4) is 0 Å². The van der Waals surface area contributed by atoms with Gasteiger partial charge < -0.3 is 5.32 Å². The highest BCUT2D eigenvalue weighted by molar-refractivity contribution is 7.22. The fourth-order valence-electron chi connectivity index (χ4n) is 3.23. The molecule has 0 atom stereocenters. The topological polar surface area (TPSA) is 81.8 Å². The molecule has 0 aliphatic heterocycles. The molecule has 138 valence electrons. The summed E-state index contributed by atoms with van der Waals surface area (Å²) < 4.78 is 3.58. The predicted octanol–water partition coefficient (Wildman–Crippen LogP) is 2.86. The molecule has 0 aliphatic carbocycles. The van der Waals surface area contributed by atoms with Crippen LogP contribution >= 0.6 is 11.3 Å². The second kappa shape index (κ2) is 6.31. The van der Waals surface area contributed by atoms with Crippen molar-refractivity contribution in [3.63, 3.8) is 0 Å². The lowest BCUT2D eigenvalue weighted by molar-refractivity contribution is 0.707. The first-order chi connectivity index (χ1) is 12.9. The van der Waals surface area contributed by atoms with Crippen molar-refractivity contribution in [1.29, 1.82) is 0 Å². The number of nitrogens with one attached hydrogen (secondary N) is 1. The lowest BCUT2D eigenvalue weighted by Gasteiger charge is -2.14. The van der Waals surface area contributed by atoms with E-state index in [1.54, 1.807) is 13.2 Å². The second-order valence-electron chi connectivity index (χ2n) is 6.48. The molecule has 1 aromatic carbocycles. The zero-order chi connectivity index (χ0) is 19.3. The molecule has 0 unspecified atom stereocenters. The molecule has 0 radical (unpaired) electrons. The number of aromatic nitrogens is 4. The van der Waals surface area contributed by atoms with Gasteiger partial charge in [-0.1, -0.05) is 30.4 Å². The molecule has 1 N–H and O–H groups in total. The van der Waals surface area contributed by atoms with Gasteiger partial charge in [-0.2, -0.15) is 0 Å². The third-order valence-corrected chi connectivity index (χ3v) is 5.72. The molecule has 0 fully saturated rings. The van der Waals surface area contributed by atoms with Crippen LogP contribution in [0.25, 0.3) is 21.3 Å². The Kier molecular flexibility index (Phi) is 4.07. The molecule has 7 nitrogen and oxygen atoms in total. The third-order valence-electron chi connectivity index (χ3n) is 4.78.